The summed E-state index contributed by atoms with van der Waals surface area (Å²) in [6, 6.07) is 10.4. The number of nitrogens with two attached hydrogens (primary N) is 1. The lowest BCUT2D eigenvalue weighted by Gasteiger charge is -2.07. The van der Waals surface area contributed by atoms with Gasteiger partial charge in [0.15, 0.2) is 0 Å². The summed E-state index contributed by atoms with van der Waals surface area (Å²) in [4.78, 5) is 20.0. The van der Waals surface area contributed by atoms with Crippen molar-refractivity contribution in [2.75, 3.05) is 0 Å². The Hall–Kier alpha value is -2.75. The second kappa shape index (κ2) is 5.16. The second-order valence-corrected chi connectivity index (χ2v) is 6.21. The molecule has 0 spiro atoms. The van der Waals surface area contributed by atoms with Crippen molar-refractivity contribution in [1.82, 2.24) is 9.97 Å². The number of hydrogen-bond acceptors (Lipinski definition) is 3. The Morgan fingerprint density at radius 3 is 2.78 bits per heavy atom. The molecule has 1 amide bonds. The Bertz CT molecular complexity index is 919. The maximum absolute atomic E-state index is 11.2. The molecule has 0 saturated heterocycles. The van der Waals surface area contributed by atoms with Gasteiger partial charge in [0, 0.05) is 47.1 Å². The quantitative estimate of drug-likeness (QED) is 0.808. The van der Waals surface area contributed by atoms with E-state index in [1.807, 2.05) is 18.5 Å². The first-order valence-electron chi connectivity index (χ1n) is 7.73. The molecule has 3 aromatic rings. The Morgan fingerprint density at radius 1 is 1.17 bits per heavy atom. The highest BCUT2D eigenvalue weighted by atomic mass is 16.1. The molecule has 1 aromatic carbocycles. The molecule has 2 unspecified atom stereocenters. The van der Waals surface area contributed by atoms with Crippen LogP contribution >= 0.6 is 0 Å². The van der Waals surface area contributed by atoms with E-state index in [9.17, 15) is 4.79 Å². The Kier molecular flexibility index (Phi) is 3.11. The number of rotatable bonds is 3. The number of pyridine rings is 2. The number of carbonyl (C=O) groups is 1. The van der Waals surface area contributed by atoms with Crippen LogP contribution in [0.5, 0.6) is 0 Å². The summed E-state index contributed by atoms with van der Waals surface area (Å²) in [6.45, 7) is 2.08. The summed E-state index contributed by atoms with van der Waals surface area (Å²) in [5.41, 5.74) is 9.80. The third-order valence-corrected chi connectivity index (χ3v) is 4.63. The van der Waals surface area contributed by atoms with Gasteiger partial charge in [-0.15, -0.1) is 0 Å². The van der Waals surface area contributed by atoms with Crippen LogP contribution in [0.3, 0.4) is 0 Å². The van der Waals surface area contributed by atoms with Crippen LogP contribution in [-0.4, -0.2) is 15.9 Å². The summed E-state index contributed by atoms with van der Waals surface area (Å²) in [5, 5.41) is 2.22. The number of amides is 1. The fourth-order valence-corrected chi connectivity index (χ4v) is 3.13. The topological polar surface area (TPSA) is 68.9 Å². The van der Waals surface area contributed by atoms with Crippen LogP contribution in [0.15, 0.2) is 48.9 Å². The molecule has 23 heavy (non-hydrogen) atoms. The van der Waals surface area contributed by atoms with E-state index in [2.05, 4.69) is 41.2 Å². The fraction of sp³-hybridized carbons (Fsp3) is 0.211. The van der Waals surface area contributed by atoms with Crippen molar-refractivity contribution in [2.45, 2.75) is 19.3 Å². The third-order valence-electron chi connectivity index (χ3n) is 4.63. The predicted octanol–water partition coefficient (Wildman–Crippen LogP) is 3.19. The maximum Gasteiger partial charge on any atom is 0.221 e. The van der Waals surface area contributed by atoms with E-state index in [-0.39, 0.29) is 17.7 Å². The Morgan fingerprint density at radius 2 is 2.04 bits per heavy atom. The van der Waals surface area contributed by atoms with Crippen molar-refractivity contribution < 1.29 is 4.79 Å². The van der Waals surface area contributed by atoms with Gasteiger partial charge in [-0.1, -0.05) is 12.1 Å². The lowest BCUT2D eigenvalue weighted by molar-refractivity contribution is -0.119. The molecule has 2 atom stereocenters. The molecular formula is C19H17N3O. The summed E-state index contributed by atoms with van der Waals surface area (Å²) in [6.07, 6.45) is 6.40. The predicted molar refractivity (Wildman–Crippen MR) is 89.8 cm³/mol. The van der Waals surface area contributed by atoms with Crippen molar-refractivity contribution in [2.24, 2.45) is 11.7 Å². The molecule has 4 rings (SSSR count). The van der Waals surface area contributed by atoms with Crippen molar-refractivity contribution in [3.05, 3.63) is 60.2 Å². The highest BCUT2D eigenvalue weighted by Gasteiger charge is 2.43. The minimum Gasteiger partial charge on any atom is -0.369 e. The second-order valence-electron chi connectivity index (χ2n) is 6.21. The largest absolute Gasteiger partial charge is 0.369 e. The van der Waals surface area contributed by atoms with Crippen molar-refractivity contribution in [1.29, 1.82) is 0 Å². The number of primary amides is 1. The van der Waals surface area contributed by atoms with Gasteiger partial charge in [-0.05, 0) is 48.1 Å². The molecule has 1 fully saturated rings. The van der Waals surface area contributed by atoms with Crippen LogP contribution in [0.25, 0.3) is 21.9 Å². The molecule has 4 nitrogen and oxygen atoms in total. The molecule has 2 heterocycles. The molecular weight excluding hydrogens is 286 g/mol. The average molecular weight is 303 g/mol. The Balaban J connectivity index is 1.71. The highest BCUT2D eigenvalue weighted by molar-refractivity contribution is 5.88. The highest BCUT2D eigenvalue weighted by Crippen LogP contribution is 2.46. The number of aromatic nitrogens is 2. The zero-order valence-corrected chi connectivity index (χ0v) is 12.9. The first-order chi connectivity index (χ1) is 11.1. The number of carbonyl (C=O) groups excluding carboxylic acids is 1. The standard InChI is InChI=1S/C19H17N3O/c1-11-4-5-21-10-17(11)13-3-2-12-7-18(22-9-14(12)6-13)15-8-16(15)19(20)23/h2-7,9-10,15-16H,8H2,1H3,(H2,20,23). The zero-order chi connectivity index (χ0) is 16.0. The van der Waals surface area contributed by atoms with Gasteiger partial charge in [-0.25, -0.2) is 0 Å². The molecule has 2 aromatic heterocycles. The van der Waals surface area contributed by atoms with E-state index >= 15 is 0 Å². The van der Waals surface area contributed by atoms with Gasteiger partial charge in [0.2, 0.25) is 5.91 Å². The summed E-state index contributed by atoms with van der Waals surface area (Å²) >= 11 is 0. The van der Waals surface area contributed by atoms with E-state index < -0.39 is 0 Å². The van der Waals surface area contributed by atoms with E-state index in [1.165, 1.54) is 5.56 Å². The van der Waals surface area contributed by atoms with Crippen LogP contribution in [0.1, 0.15) is 23.6 Å². The number of hydrogen-bond donors (Lipinski definition) is 1. The first-order valence-corrected chi connectivity index (χ1v) is 7.73. The van der Waals surface area contributed by atoms with Crippen LogP contribution in [0, 0.1) is 12.8 Å². The molecule has 4 heteroatoms. The van der Waals surface area contributed by atoms with Gasteiger partial charge in [0.05, 0.1) is 0 Å². The third kappa shape index (κ3) is 2.46. The van der Waals surface area contributed by atoms with Gasteiger partial charge in [0.1, 0.15) is 0 Å². The molecule has 114 valence electrons. The van der Waals surface area contributed by atoms with Gasteiger partial charge >= 0.3 is 0 Å². The van der Waals surface area contributed by atoms with Gasteiger partial charge < -0.3 is 5.73 Å². The van der Waals surface area contributed by atoms with Gasteiger partial charge in [-0.3, -0.25) is 14.8 Å². The van der Waals surface area contributed by atoms with Gasteiger partial charge in [-0.2, -0.15) is 0 Å². The number of aryl methyl sites for hydroxylation is 1. The number of fused-ring (bicyclic) bond motifs is 1. The van der Waals surface area contributed by atoms with E-state index in [0.717, 1.165) is 34.0 Å². The van der Waals surface area contributed by atoms with Crippen molar-refractivity contribution in [3.63, 3.8) is 0 Å². The van der Waals surface area contributed by atoms with Crippen LogP contribution in [0.2, 0.25) is 0 Å². The minimum absolute atomic E-state index is 0.0442. The van der Waals surface area contributed by atoms with Crippen LogP contribution in [0.4, 0.5) is 0 Å². The number of nitrogens with zero attached hydrogens (tertiary/aromatic N) is 2. The lowest BCUT2D eigenvalue weighted by atomic mass is 10.00. The average Bonchev–Trinajstić information content (AvgIpc) is 3.35. The summed E-state index contributed by atoms with van der Waals surface area (Å²) in [5.74, 6) is -0.0753. The monoisotopic (exact) mass is 303 g/mol. The van der Waals surface area contributed by atoms with Gasteiger partial charge in [0.25, 0.3) is 0 Å². The minimum atomic E-state index is -0.223. The van der Waals surface area contributed by atoms with E-state index in [1.54, 1.807) is 6.20 Å². The molecule has 0 radical (unpaired) electrons. The molecule has 1 saturated carbocycles. The van der Waals surface area contributed by atoms with E-state index in [0.29, 0.717) is 0 Å². The normalized spacial score (nSPS) is 19.7. The summed E-state index contributed by atoms with van der Waals surface area (Å²) < 4.78 is 0. The SMILES string of the molecule is Cc1ccncc1-c1ccc2cc(C3CC3C(N)=O)ncc2c1. The van der Waals surface area contributed by atoms with Crippen LogP contribution in [-0.2, 0) is 4.79 Å². The Labute approximate surface area is 134 Å². The molecule has 0 aliphatic heterocycles. The zero-order valence-electron chi connectivity index (χ0n) is 12.9. The smallest absolute Gasteiger partial charge is 0.221 e. The van der Waals surface area contributed by atoms with Crippen LogP contribution < -0.4 is 5.73 Å². The first kappa shape index (κ1) is 13.9. The lowest BCUT2D eigenvalue weighted by Crippen LogP contribution is -2.13. The van der Waals surface area contributed by atoms with Crippen molar-refractivity contribution >= 4 is 16.7 Å². The number of benzene rings is 1. The van der Waals surface area contributed by atoms with Crippen molar-refractivity contribution in [3.8, 4) is 11.1 Å². The fourth-order valence-electron chi connectivity index (χ4n) is 3.13. The molecule has 1 aliphatic rings. The molecule has 2 N–H and O–H groups in total. The summed E-state index contributed by atoms with van der Waals surface area (Å²) in [7, 11) is 0. The maximum atomic E-state index is 11.2. The molecule has 1 aliphatic carbocycles. The molecule has 0 bridgehead atoms. The van der Waals surface area contributed by atoms with E-state index in [4.69, 9.17) is 5.73 Å².